The molecule has 1 saturated carbocycles. The smallest absolute Gasteiger partial charge is 0.444 e. The zero-order valence-corrected chi connectivity index (χ0v) is 20.8. The van der Waals surface area contributed by atoms with Crippen molar-refractivity contribution in [2.45, 2.75) is 90.6 Å². The Morgan fingerprint density at radius 3 is 2.12 bits per heavy atom. The molecule has 32 heavy (non-hydrogen) atoms. The van der Waals surface area contributed by atoms with Crippen molar-refractivity contribution in [3.63, 3.8) is 0 Å². The molecule has 0 radical (unpaired) electrons. The van der Waals surface area contributed by atoms with E-state index in [9.17, 15) is 4.79 Å². The number of fused-ring (bicyclic) bond motifs is 1. The highest BCUT2D eigenvalue weighted by Gasteiger charge is 2.52. The Bertz CT molecular complexity index is 835. The molecular formula is C24H38BN3O4. The lowest BCUT2D eigenvalue weighted by Gasteiger charge is -2.32. The van der Waals surface area contributed by atoms with Crippen LogP contribution in [0.4, 0.5) is 10.6 Å². The van der Waals surface area contributed by atoms with E-state index in [0.717, 1.165) is 37.2 Å². The largest absolute Gasteiger partial charge is 0.496 e. The summed E-state index contributed by atoms with van der Waals surface area (Å²) in [6, 6.07) is 4.13. The molecule has 0 spiro atoms. The molecule has 0 bridgehead atoms. The van der Waals surface area contributed by atoms with Crippen molar-refractivity contribution in [3.8, 4) is 0 Å². The number of anilines is 1. The normalized spacial score (nSPS) is 31.0. The number of aromatic nitrogens is 1. The molecule has 0 aromatic carbocycles. The van der Waals surface area contributed by atoms with Crippen molar-refractivity contribution in [1.29, 1.82) is 0 Å². The average Bonchev–Trinajstić information content (AvgIpc) is 3.20. The monoisotopic (exact) mass is 443 g/mol. The second kappa shape index (κ2) is 7.62. The first-order chi connectivity index (χ1) is 14.7. The maximum absolute atomic E-state index is 12.3. The van der Waals surface area contributed by atoms with E-state index in [4.69, 9.17) is 19.0 Å². The fraction of sp³-hybridized carbons (Fsp3) is 0.750. The molecule has 3 atom stereocenters. The van der Waals surface area contributed by atoms with Gasteiger partial charge >= 0.3 is 13.2 Å². The number of nitrogens with one attached hydrogen (secondary N) is 1. The van der Waals surface area contributed by atoms with Gasteiger partial charge in [0.25, 0.3) is 0 Å². The van der Waals surface area contributed by atoms with Crippen LogP contribution in [0.3, 0.4) is 0 Å². The van der Waals surface area contributed by atoms with Crippen molar-refractivity contribution in [2.24, 2.45) is 11.8 Å². The summed E-state index contributed by atoms with van der Waals surface area (Å²) in [5, 5.41) is 3.12. The summed E-state index contributed by atoms with van der Waals surface area (Å²) in [6.07, 6.45) is 3.47. The molecule has 3 heterocycles. The lowest BCUT2D eigenvalue weighted by molar-refractivity contribution is 0.00578. The van der Waals surface area contributed by atoms with Crippen LogP contribution in [-0.2, 0) is 14.0 Å². The van der Waals surface area contributed by atoms with Crippen molar-refractivity contribution in [3.05, 3.63) is 18.3 Å². The second-order valence-corrected chi connectivity index (χ2v) is 12.1. The summed E-state index contributed by atoms with van der Waals surface area (Å²) in [7, 11) is -0.390. The van der Waals surface area contributed by atoms with Crippen LogP contribution in [0.5, 0.6) is 0 Å². The summed E-state index contributed by atoms with van der Waals surface area (Å²) in [6.45, 7) is 18.0. The van der Waals surface area contributed by atoms with E-state index in [1.165, 1.54) is 0 Å². The summed E-state index contributed by atoms with van der Waals surface area (Å²) >= 11 is 0. The van der Waals surface area contributed by atoms with Crippen LogP contribution in [0.15, 0.2) is 18.3 Å². The Morgan fingerprint density at radius 2 is 1.66 bits per heavy atom. The van der Waals surface area contributed by atoms with Crippen molar-refractivity contribution >= 4 is 24.5 Å². The van der Waals surface area contributed by atoms with Crippen molar-refractivity contribution in [1.82, 2.24) is 10.3 Å². The van der Waals surface area contributed by atoms with Crippen LogP contribution in [0.25, 0.3) is 0 Å². The third kappa shape index (κ3) is 4.62. The van der Waals surface area contributed by atoms with Gasteiger partial charge in [-0.15, -0.1) is 0 Å². The first-order valence-corrected chi connectivity index (χ1v) is 11.7. The lowest BCUT2D eigenvalue weighted by atomic mass is 9.80. The molecule has 1 N–H and O–H groups in total. The molecule has 8 heteroatoms. The molecule has 2 saturated heterocycles. The molecule has 1 aromatic heterocycles. The third-order valence-electron chi connectivity index (χ3n) is 7.42. The Morgan fingerprint density at radius 1 is 1.09 bits per heavy atom. The van der Waals surface area contributed by atoms with Gasteiger partial charge in [-0.1, -0.05) is 6.07 Å². The summed E-state index contributed by atoms with van der Waals surface area (Å²) in [5.41, 5.74) is -0.465. The number of alkyl carbamates (subject to hydrolysis) is 1. The molecule has 0 unspecified atom stereocenters. The van der Waals surface area contributed by atoms with E-state index >= 15 is 0 Å². The summed E-state index contributed by atoms with van der Waals surface area (Å²) in [4.78, 5) is 19.4. The maximum Gasteiger partial charge on any atom is 0.496 e. The van der Waals surface area contributed by atoms with E-state index in [1.54, 1.807) is 0 Å². The summed E-state index contributed by atoms with van der Waals surface area (Å²) < 4.78 is 17.7. The van der Waals surface area contributed by atoms with Gasteiger partial charge in [-0.25, -0.2) is 9.78 Å². The molecule has 3 aliphatic rings. The Balaban J connectivity index is 1.34. The average molecular weight is 443 g/mol. The molecule has 176 valence electrons. The molecule has 1 aliphatic carbocycles. The Labute approximate surface area is 192 Å². The van der Waals surface area contributed by atoms with Crippen LogP contribution in [-0.4, -0.2) is 53.6 Å². The highest BCUT2D eigenvalue weighted by atomic mass is 16.7. The first-order valence-electron chi connectivity index (χ1n) is 11.7. The molecule has 1 amide bonds. The maximum atomic E-state index is 12.3. The van der Waals surface area contributed by atoms with Crippen LogP contribution in [0, 0.1) is 11.8 Å². The number of rotatable bonds is 3. The number of pyridine rings is 1. The fourth-order valence-corrected chi connectivity index (χ4v) is 5.18. The standard InChI is InChI=1S/C24H38BN3O4/c1-21(2,3)30-20(29)27-24(8)11-16-14-28(15-17(16)12-24)19-10-9-18(13-26-19)25-31-22(4,5)23(6,7)32-25/h9-10,13,16-17H,11-12,14-15H2,1-8H3,(H,27,29)/t16-,17+,24-. The zero-order valence-electron chi connectivity index (χ0n) is 20.8. The van der Waals surface area contributed by atoms with E-state index in [2.05, 4.69) is 57.0 Å². The van der Waals surface area contributed by atoms with Crippen molar-refractivity contribution in [2.75, 3.05) is 18.0 Å². The minimum absolute atomic E-state index is 0.211. The molecule has 1 aromatic rings. The van der Waals surface area contributed by atoms with E-state index in [1.807, 2.05) is 27.0 Å². The topological polar surface area (TPSA) is 72.9 Å². The Hall–Kier alpha value is -1.80. The second-order valence-electron chi connectivity index (χ2n) is 12.1. The number of ether oxygens (including phenoxy) is 1. The van der Waals surface area contributed by atoms with Crippen molar-refractivity contribution < 1.29 is 18.8 Å². The number of carbonyl (C=O) groups excluding carboxylic acids is 1. The van der Waals surface area contributed by atoms with Gasteiger partial charge in [-0.2, -0.15) is 0 Å². The van der Waals surface area contributed by atoms with Gasteiger partial charge in [0.2, 0.25) is 0 Å². The zero-order chi connectivity index (χ0) is 23.5. The van der Waals surface area contributed by atoms with Gasteiger partial charge in [0, 0.05) is 30.3 Å². The molecule has 4 rings (SSSR count). The lowest BCUT2D eigenvalue weighted by Crippen LogP contribution is -2.47. The van der Waals surface area contributed by atoms with Crippen LogP contribution < -0.4 is 15.7 Å². The van der Waals surface area contributed by atoms with E-state index < -0.39 is 5.60 Å². The molecule has 2 aliphatic heterocycles. The van der Waals surface area contributed by atoms with Crippen LogP contribution in [0.2, 0.25) is 0 Å². The first kappa shape index (κ1) is 23.4. The van der Waals surface area contributed by atoms with Crippen LogP contribution in [0.1, 0.15) is 68.2 Å². The predicted octanol–water partition coefficient (Wildman–Crippen LogP) is 3.51. The number of hydrogen-bond donors (Lipinski definition) is 1. The van der Waals surface area contributed by atoms with E-state index in [0.29, 0.717) is 11.8 Å². The SMILES string of the molecule is CC(C)(C)OC(=O)N[C@@]1(C)C[C@H]2CN(c3ccc(B4OC(C)(C)C(C)(C)O4)cn3)C[C@H]2C1. The van der Waals surface area contributed by atoms with E-state index in [-0.39, 0.29) is 30.0 Å². The third-order valence-corrected chi connectivity index (χ3v) is 7.42. The molecule has 3 fully saturated rings. The number of carbonyl (C=O) groups is 1. The Kier molecular flexibility index (Phi) is 5.57. The minimum atomic E-state index is -0.483. The predicted molar refractivity (Wildman–Crippen MR) is 126 cm³/mol. The highest BCUT2D eigenvalue weighted by Crippen LogP contribution is 2.44. The molecule has 7 nitrogen and oxygen atoms in total. The number of nitrogens with zero attached hydrogens (tertiary/aromatic N) is 2. The number of amides is 1. The van der Waals surface area contributed by atoms with Gasteiger partial charge in [0.05, 0.1) is 11.2 Å². The van der Waals surface area contributed by atoms with Gasteiger partial charge in [0.1, 0.15) is 11.4 Å². The van der Waals surface area contributed by atoms with Crippen LogP contribution >= 0.6 is 0 Å². The summed E-state index contributed by atoms with van der Waals surface area (Å²) in [5.74, 6) is 2.07. The highest BCUT2D eigenvalue weighted by molar-refractivity contribution is 6.62. The van der Waals surface area contributed by atoms with Gasteiger partial charge in [-0.05, 0) is 86.1 Å². The quantitative estimate of drug-likeness (QED) is 0.721. The van der Waals surface area contributed by atoms with Gasteiger partial charge < -0.3 is 24.3 Å². The fourth-order valence-electron chi connectivity index (χ4n) is 5.18. The number of hydrogen-bond acceptors (Lipinski definition) is 6. The molecular weight excluding hydrogens is 405 g/mol. The minimum Gasteiger partial charge on any atom is -0.444 e. The van der Waals surface area contributed by atoms with Gasteiger partial charge in [0.15, 0.2) is 0 Å². The van der Waals surface area contributed by atoms with Gasteiger partial charge in [-0.3, -0.25) is 0 Å².